The molecular weight excluding hydrogens is 355 g/mol. The van der Waals surface area contributed by atoms with Crippen LogP contribution in [-0.4, -0.2) is 35.4 Å². The molecule has 24 heavy (non-hydrogen) atoms. The molecule has 0 aromatic heterocycles. The van der Waals surface area contributed by atoms with Crippen molar-refractivity contribution in [3.8, 4) is 0 Å². The van der Waals surface area contributed by atoms with Gasteiger partial charge in [-0.2, -0.15) is 0 Å². The Kier molecular flexibility index (Phi) is 4.60. The van der Waals surface area contributed by atoms with Gasteiger partial charge in [0, 0.05) is 37.3 Å². The molecular formula is C16H14Cl2N2O4. The molecule has 2 aliphatic rings. The Labute approximate surface area is 148 Å². The molecule has 2 amide bonds. The Balaban J connectivity index is 1.83. The van der Waals surface area contributed by atoms with Crippen molar-refractivity contribution in [2.75, 3.05) is 22.9 Å². The lowest BCUT2D eigenvalue weighted by Crippen LogP contribution is -2.27. The minimum absolute atomic E-state index is 0.0814. The summed E-state index contributed by atoms with van der Waals surface area (Å²) in [4.78, 5) is 49.7. The van der Waals surface area contributed by atoms with E-state index in [0.717, 1.165) is 0 Å². The highest BCUT2D eigenvalue weighted by atomic mass is 35.5. The number of rotatable bonds is 4. The molecule has 2 saturated heterocycles. The maximum Gasteiger partial charge on any atom is 0.227 e. The second kappa shape index (κ2) is 6.53. The highest BCUT2D eigenvalue weighted by molar-refractivity contribution is 6.64. The first kappa shape index (κ1) is 16.9. The van der Waals surface area contributed by atoms with Crippen LogP contribution >= 0.6 is 23.2 Å². The molecule has 0 bridgehead atoms. The van der Waals surface area contributed by atoms with E-state index >= 15 is 0 Å². The number of carbonyl (C=O) groups is 4. The summed E-state index contributed by atoms with van der Waals surface area (Å²) in [6, 6.07) is 6.87. The van der Waals surface area contributed by atoms with Gasteiger partial charge in [-0.05, 0) is 41.4 Å². The van der Waals surface area contributed by atoms with Crippen LogP contribution < -0.4 is 9.80 Å². The highest BCUT2D eigenvalue weighted by Crippen LogP contribution is 2.32. The summed E-state index contributed by atoms with van der Waals surface area (Å²) in [5, 5.41) is -1.06. The molecule has 0 radical (unpaired) electrons. The van der Waals surface area contributed by atoms with Crippen LogP contribution in [0.25, 0.3) is 0 Å². The van der Waals surface area contributed by atoms with Gasteiger partial charge < -0.3 is 9.80 Å². The quantitative estimate of drug-likeness (QED) is 0.760. The zero-order chi connectivity index (χ0) is 17.4. The Bertz CT molecular complexity index is 679. The summed E-state index contributed by atoms with van der Waals surface area (Å²) in [6.07, 6.45) is 0.163. The first-order valence-electron chi connectivity index (χ1n) is 7.46. The van der Waals surface area contributed by atoms with E-state index in [1.807, 2.05) is 0 Å². The summed E-state index contributed by atoms with van der Waals surface area (Å²) < 4.78 is 0. The van der Waals surface area contributed by atoms with Gasteiger partial charge in [-0.1, -0.05) is 6.07 Å². The molecule has 0 spiro atoms. The molecule has 0 aliphatic carbocycles. The van der Waals surface area contributed by atoms with Crippen LogP contribution in [-0.2, 0) is 19.2 Å². The van der Waals surface area contributed by atoms with Crippen LogP contribution in [0.2, 0.25) is 0 Å². The third kappa shape index (κ3) is 3.16. The Morgan fingerprint density at radius 3 is 1.62 bits per heavy atom. The van der Waals surface area contributed by atoms with E-state index < -0.39 is 22.3 Å². The Morgan fingerprint density at radius 1 is 0.875 bits per heavy atom. The first-order chi connectivity index (χ1) is 11.4. The van der Waals surface area contributed by atoms with Crippen molar-refractivity contribution in [3.63, 3.8) is 0 Å². The number of anilines is 2. The van der Waals surface area contributed by atoms with Crippen molar-refractivity contribution < 1.29 is 19.2 Å². The maximum absolute atomic E-state index is 12.1. The first-order valence-corrected chi connectivity index (χ1v) is 8.22. The normalized spacial score (nSPS) is 23.9. The number of hydrogen-bond donors (Lipinski definition) is 0. The topological polar surface area (TPSA) is 74.8 Å². The molecule has 0 N–H and O–H groups in total. The zero-order valence-corrected chi connectivity index (χ0v) is 14.1. The van der Waals surface area contributed by atoms with E-state index in [1.165, 1.54) is 9.80 Å². The van der Waals surface area contributed by atoms with Crippen molar-refractivity contribution in [2.45, 2.75) is 12.8 Å². The van der Waals surface area contributed by atoms with E-state index in [2.05, 4.69) is 0 Å². The summed E-state index contributed by atoms with van der Waals surface area (Å²) in [6.45, 7) is 0.447. The molecule has 3 rings (SSSR count). The summed E-state index contributed by atoms with van der Waals surface area (Å²) in [7, 11) is 0. The van der Waals surface area contributed by atoms with Crippen LogP contribution in [0.5, 0.6) is 0 Å². The summed E-state index contributed by atoms with van der Waals surface area (Å²) in [5.74, 6) is -1.41. The molecule has 2 atom stereocenters. The SMILES string of the molecule is O=C(Cl)[C@@H]1CC(=O)N(c2cccc(N3C[C@H](C(=O)Cl)CC3=O)c2)C1. The van der Waals surface area contributed by atoms with Gasteiger partial charge in [0.15, 0.2) is 0 Å². The van der Waals surface area contributed by atoms with E-state index in [9.17, 15) is 19.2 Å². The van der Waals surface area contributed by atoms with Gasteiger partial charge in [0.1, 0.15) is 0 Å². The third-order valence-electron chi connectivity index (χ3n) is 4.35. The largest absolute Gasteiger partial charge is 0.312 e. The smallest absolute Gasteiger partial charge is 0.227 e. The molecule has 0 unspecified atom stereocenters. The number of hydrogen-bond acceptors (Lipinski definition) is 4. The predicted molar refractivity (Wildman–Crippen MR) is 89.1 cm³/mol. The highest BCUT2D eigenvalue weighted by Gasteiger charge is 2.36. The van der Waals surface area contributed by atoms with Crippen LogP contribution in [0.15, 0.2) is 24.3 Å². The van der Waals surface area contributed by atoms with Gasteiger partial charge in [-0.25, -0.2) is 0 Å². The van der Waals surface area contributed by atoms with Gasteiger partial charge in [0.05, 0.1) is 11.8 Å². The van der Waals surface area contributed by atoms with Crippen LogP contribution in [0.4, 0.5) is 11.4 Å². The molecule has 1 aromatic rings. The maximum atomic E-state index is 12.1. The number of carbonyl (C=O) groups excluding carboxylic acids is 4. The van der Waals surface area contributed by atoms with E-state index in [0.29, 0.717) is 11.4 Å². The second-order valence-electron chi connectivity index (χ2n) is 5.94. The lowest BCUT2D eigenvalue weighted by molar-refractivity contribution is -0.120. The molecule has 2 aliphatic heterocycles. The summed E-state index contributed by atoms with van der Waals surface area (Å²) in [5.41, 5.74) is 1.18. The van der Waals surface area contributed by atoms with Crippen molar-refractivity contribution >= 4 is 56.9 Å². The van der Waals surface area contributed by atoms with Crippen LogP contribution in [0, 0.1) is 11.8 Å². The van der Waals surface area contributed by atoms with Gasteiger partial charge in [0.2, 0.25) is 22.3 Å². The summed E-state index contributed by atoms with van der Waals surface area (Å²) >= 11 is 11.0. The number of nitrogens with zero attached hydrogens (tertiary/aromatic N) is 2. The minimum atomic E-state index is -0.528. The fourth-order valence-electron chi connectivity index (χ4n) is 3.05. The molecule has 2 fully saturated rings. The molecule has 2 heterocycles. The standard InChI is InChI=1S/C16H14Cl2N2O4/c17-15(23)9-4-13(21)19(7-9)11-2-1-3-12(6-11)20-8-10(16(18)24)5-14(20)22/h1-3,6,9-10H,4-5,7-8H2/t9-,10-/m1/s1. The number of benzene rings is 1. The Hall–Kier alpha value is -1.92. The Morgan fingerprint density at radius 2 is 1.29 bits per heavy atom. The lowest BCUT2D eigenvalue weighted by Gasteiger charge is -2.21. The molecule has 6 nitrogen and oxygen atoms in total. The zero-order valence-electron chi connectivity index (χ0n) is 12.6. The predicted octanol–water partition coefficient (Wildman–Crippen LogP) is 1.92. The van der Waals surface area contributed by atoms with Gasteiger partial charge in [0.25, 0.3) is 0 Å². The van der Waals surface area contributed by atoms with Crippen molar-refractivity contribution in [1.29, 1.82) is 0 Å². The van der Waals surface area contributed by atoms with Gasteiger partial charge in [-0.15, -0.1) is 0 Å². The van der Waals surface area contributed by atoms with E-state index in [4.69, 9.17) is 23.2 Å². The fourth-order valence-corrected chi connectivity index (χ4v) is 3.34. The number of amides is 2. The molecule has 8 heteroatoms. The van der Waals surface area contributed by atoms with E-state index in [1.54, 1.807) is 24.3 Å². The van der Waals surface area contributed by atoms with Crippen molar-refractivity contribution in [2.24, 2.45) is 11.8 Å². The van der Waals surface area contributed by atoms with E-state index in [-0.39, 0.29) is 37.7 Å². The van der Waals surface area contributed by atoms with Gasteiger partial charge >= 0.3 is 0 Å². The second-order valence-corrected chi connectivity index (χ2v) is 6.68. The molecule has 1 aromatic carbocycles. The van der Waals surface area contributed by atoms with Crippen LogP contribution in [0.1, 0.15) is 12.8 Å². The average Bonchev–Trinajstić information content (AvgIpc) is 3.11. The third-order valence-corrected chi connectivity index (χ3v) is 4.96. The number of halogens is 2. The molecule has 0 saturated carbocycles. The van der Waals surface area contributed by atoms with Crippen LogP contribution in [0.3, 0.4) is 0 Å². The lowest BCUT2D eigenvalue weighted by atomic mass is 10.1. The average molecular weight is 369 g/mol. The fraction of sp³-hybridized carbons (Fsp3) is 0.375. The minimum Gasteiger partial charge on any atom is -0.312 e. The van der Waals surface area contributed by atoms with Gasteiger partial charge in [-0.3, -0.25) is 19.2 Å². The van der Waals surface area contributed by atoms with Crippen molar-refractivity contribution in [1.82, 2.24) is 0 Å². The monoisotopic (exact) mass is 368 g/mol. The van der Waals surface area contributed by atoms with Crippen molar-refractivity contribution in [3.05, 3.63) is 24.3 Å². The molecule has 126 valence electrons.